The molecular weight excluding hydrogens is 312 g/mol. The molecule has 8 heteroatoms. The van der Waals surface area contributed by atoms with Crippen molar-refractivity contribution in [3.8, 4) is 11.4 Å². The van der Waals surface area contributed by atoms with Crippen LogP contribution in [0.2, 0.25) is 0 Å². The molecule has 1 aromatic heterocycles. The van der Waals surface area contributed by atoms with Crippen LogP contribution in [0.3, 0.4) is 0 Å². The predicted molar refractivity (Wildman–Crippen MR) is 86.1 cm³/mol. The van der Waals surface area contributed by atoms with Crippen molar-refractivity contribution in [2.45, 2.75) is 44.9 Å². The van der Waals surface area contributed by atoms with E-state index >= 15 is 0 Å². The van der Waals surface area contributed by atoms with E-state index < -0.39 is 10.5 Å². The van der Waals surface area contributed by atoms with E-state index in [9.17, 15) is 15.2 Å². The van der Waals surface area contributed by atoms with Crippen LogP contribution in [-0.4, -0.2) is 43.3 Å². The number of likely N-dealkylation sites (tertiary alicyclic amines) is 1. The Balaban J connectivity index is 1.72. The minimum Gasteiger partial charge on any atom is -0.389 e. The maximum atomic E-state index is 10.7. The zero-order valence-corrected chi connectivity index (χ0v) is 13.7. The monoisotopic (exact) mass is 332 g/mol. The molecule has 1 N–H and O–H groups in total. The van der Waals surface area contributed by atoms with Gasteiger partial charge in [-0.2, -0.15) is 4.98 Å². The summed E-state index contributed by atoms with van der Waals surface area (Å²) in [7, 11) is 0. The molecule has 1 aliphatic rings. The summed E-state index contributed by atoms with van der Waals surface area (Å²) in [5.41, 5.74) is -0.0961. The Morgan fingerprint density at radius 1 is 1.42 bits per heavy atom. The van der Waals surface area contributed by atoms with Crippen molar-refractivity contribution < 1.29 is 14.6 Å². The van der Waals surface area contributed by atoms with Gasteiger partial charge in [0.25, 0.3) is 5.69 Å². The zero-order chi connectivity index (χ0) is 17.3. The number of nitrogens with zero attached hydrogens (tertiary/aromatic N) is 4. The molecule has 1 fully saturated rings. The Labute approximate surface area is 139 Å². The number of hydrogen-bond donors (Lipinski definition) is 1. The summed E-state index contributed by atoms with van der Waals surface area (Å²) in [4.78, 5) is 16.7. The Bertz CT molecular complexity index is 720. The highest BCUT2D eigenvalue weighted by molar-refractivity contribution is 5.56. The first-order valence-electron chi connectivity index (χ1n) is 7.88. The van der Waals surface area contributed by atoms with Gasteiger partial charge >= 0.3 is 0 Å². The Hall–Kier alpha value is -2.32. The van der Waals surface area contributed by atoms with Crippen LogP contribution in [-0.2, 0) is 6.54 Å². The van der Waals surface area contributed by atoms with Gasteiger partial charge in [0.15, 0.2) is 0 Å². The first kappa shape index (κ1) is 16.5. The predicted octanol–water partition coefficient (Wildman–Crippen LogP) is 2.38. The van der Waals surface area contributed by atoms with Gasteiger partial charge in [0.05, 0.1) is 17.1 Å². The third kappa shape index (κ3) is 3.44. The number of aromatic nitrogens is 2. The lowest BCUT2D eigenvalue weighted by Gasteiger charge is -2.32. The molecule has 2 heterocycles. The molecule has 1 atom stereocenters. The quantitative estimate of drug-likeness (QED) is 0.662. The van der Waals surface area contributed by atoms with E-state index in [1.807, 2.05) is 13.8 Å². The van der Waals surface area contributed by atoms with Crippen molar-refractivity contribution in [3.05, 3.63) is 40.3 Å². The van der Waals surface area contributed by atoms with Crippen molar-refractivity contribution in [1.29, 1.82) is 0 Å². The van der Waals surface area contributed by atoms with Gasteiger partial charge in [0, 0.05) is 23.7 Å². The highest BCUT2D eigenvalue weighted by Gasteiger charge is 2.36. The summed E-state index contributed by atoms with van der Waals surface area (Å²) in [5.74, 6) is 0.874. The molecule has 2 aromatic rings. The fourth-order valence-electron chi connectivity index (χ4n) is 3.16. The van der Waals surface area contributed by atoms with Gasteiger partial charge in [0.2, 0.25) is 11.7 Å². The second-order valence-corrected chi connectivity index (χ2v) is 6.60. The van der Waals surface area contributed by atoms with E-state index in [-0.39, 0.29) is 11.7 Å². The molecule has 1 saturated heterocycles. The first-order valence-corrected chi connectivity index (χ1v) is 7.88. The molecule has 0 saturated carbocycles. The number of rotatable bonds is 5. The van der Waals surface area contributed by atoms with Crippen molar-refractivity contribution in [3.63, 3.8) is 0 Å². The van der Waals surface area contributed by atoms with E-state index in [4.69, 9.17) is 4.52 Å². The second-order valence-electron chi connectivity index (χ2n) is 6.60. The average Bonchev–Trinajstić information content (AvgIpc) is 3.16. The van der Waals surface area contributed by atoms with Gasteiger partial charge in [-0.25, -0.2) is 0 Å². The van der Waals surface area contributed by atoms with Gasteiger partial charge in [-0.3, -0.25) is 15.0 Å². The summed E-state index contributed by atoms with van der Waals surface area (Å²) < 4.78 is 5.30. The van der Waals surface area contributed by atoms with Crippen LogP contribution in [0.1, 0.15) is 32.6 Å². The lowest BCUT2D eigenvalue weighted by Crippen LogP contribution is -2.45. The molecule has 0 aliphatic carbocycles. The molecule has 3 rings (SSSR count). The maximum Gasteiger partial charge on any atom is 0.269 e. The topological polar surface area (TPSA) is 106 Å². The SMILES string of the molecule is CC(C)(O)C1CCCN1Cc1nc(-c2ccc([N+](=O)[O-])cc2)no1. The molecule has 0 bridgehead atoms. The lowest BCUT2D eigenvalue weighted by molar-refractivity contribution is -0.384. The standard InChI is InChI=1S/C16H20N4O4/c1-16(2,21)13-4-3-9-19(13)10-14-17-15(18-24-14)11-5-7-12(8-6-11)20(22)23/h5-8,13,21H,3-4,9-10H2,1-2H3. The van der Waals surface area contributed by atoms with Crippen molar-refractivity contribution in [2.24, 2.45) is 0 Å². The number of non-ortho nitro benzene ring substituents is 1. The minimum atomic E-state index is -0.780. The largest absolute Gasteiger partial charge is 0.389 e. The van der Waals surface area contributed by atoms with Gasteiger partial charge < -0.3 is 9.63 Å². The van der Waals surface area contributed by atoms with Gasteiger partial charge in [-0.15, -0.1) is 0 Å². The third-order valence-electron chi connectivity index (χ3n) is 4.32. The van der Waals surface area contributed by atoms with Crippen molar-refractivity contribution in [2.75, 3.05) is 6.54 Å². The number of aliphatic hydroxyl groups is 1. The fraction of sp³-hybridized carbons (Fsp3) is 0.500. The summed E-state index contributed by atoms with van der Waals surface area (Å²) in [5, 5.41) is 24.9. The molecule has 1 unspecified atom stereocenters. The highest BCUT2D eigenvalue weighted by atomic mass is 16.6. The molecule has 8 nitrogen and oxygen atoms in total. The number of nitro groups is 1. The van der Waals surface area contributed by atoms with Gasteiger partial charge in [-0.05, 0) is 45.4 Å². The summed E-state index contributed by atoms with van der Waals surface area (Å²) in [6.07, 6.45) is 1.96. The molecule has 128 valence electrons. The van der Waals surface area contributed by atoms with Crippen LogP contribution in [0.25, 0.3) is 11.4 Å². The Morgan fingerprint density at radius 2 is 2.12 bits per heavy atom. The Kier molecular flexibility index (Phi) is 4.33. The maximum absolute atomic E-state index is 10.7. The van der Waals surface area contributed by atoms with Crippen LogP contribution < -0.4 is 0 Å². The molecular formula is C16H20N4O4. The molecule has 0 amide bonds. The number of benzene rings is 1. The summed E-state index contributed by atoms with van der Waals surface area (Å²) >= 11 is 0. The Morgan fingerprint density at radius 3 is 2.75 bits per heavy atom. The van der Waals surface area contributed by atoms with Gasteiger partial charge in [-0.1, -0.05) is 5.16 Å². The van der Waals surface area contributed by atoms with E-state index in [2.05, 4.69) is 15.0 Å². The van der Waals surface area contributed by atoms with E-state index in [1.54, 1.807) is 12.1 Å². The van der Waals surface area contributed by atoms with Crippen LogP contribution in [0.5, 0.6) is 0 Å². The highest BCUT2D eigenvalue weighted by Crippen LogP contribution is 2.28. The van der Waals surface area contributed by atoms with Crippen LogP contribution in [0.15, 0.2) is 28.8 Å². The average molecular weight is 332 g/mol. The van der Waals surface area contributed by atoms with E-state index in [0.717, 1.165) is 19.4 Å². The zero-order valence-electron chi connectivity index (χ0n) is 13.7. The normalized spacial score (nSPS) is 18.9. The second kappa shape index (κ2) is 6.29. The number of hydrogen-bond acceptors (Lipinski definition) is 7. The first-order chi connectivity index (χ1) is 11.3. The van der Waals surface area contributed by atoms with E-state index in [0.29, 0.717) is 23.8 Å². The lowest BCUT2D eigenvalue weighted by atomic mass is 9.97. The van der Waals surface area contributed by atoms with E-state index in [1.165, 1.54) is 12.1 Å². The van der Waals surface area contributed by atoms with Crippen molar-refractivity contribution >= 4 is 5.69 Å². The van der Waals surface area contributed by atoms with Crippen molar-refractivity contribution in [1.82, 2.24) is 15.0 Å². The summed E-state index contributed by atoms with van der Waals surface area (Å²) in [6, 6.07) is 6.09. The fourth-order valence-corrected chi connectivity index (χ4v) is 3.16. The van der Waals surface area contributed by atoms with Crippen LogP contribution in [0.4, 0.5) is 5.69 Å². The summed E-state index contributed by atoms with van der Waals surface area (Å²) in [6.45, 7) is 4.98. The van der Waals surface area contributed by atoms with Gasteiger partial charge in [0.1, 0.15) is 0 Å². The smallest absolute Gasteiger partial charge is 0.269 e. The third-order valence-corrected chi connectivity index (χ3v) is 4.32. The minimum absolute atomic E-state index is 0.0209. The van der Waals surface area contributed by atoms with Crippen LogP contribution in [0, 0.1) is 10.1 Å². The molecule has 1 aliphatic heterocycles. The molecule has 0 radical (unpaired) electrons. The van der Waals surface area contributed by atoms with Crippen LogP contribution >= 0.6 is 0 Å². The molecule has 0 spiro atoms. The molecule has 1 aromatic carbocycles. The molecule has 24 heavy (non-hydrogen) atoms. The number of nitro benzene ring substituents is 1.